The Hall–Kier alpha value is -3.27. The summed E-state index contributed by atoms with van der Waals surface area (Å²) in [5.41, 5.74) is 0.304. The van der Waals surface area contributed by atoms with E-state index in [1.807, 2.05) is 0 Å². The van der Waals surface area contributed by atoms with E-state index in [-0.39, 0.29) is 29.2 Å². The van der Waals surface area contributed by atoms with Gasteiger partial charge >= 0.3 is 6.36 Å². The lowest BCUT2D eigenvalue weighted by Gasteiger charge is -2.46. The largest absolute Gasteiger partial charge is 0.573 e. The van der Waals surface area contributed by atoms with Crippen molar-refractivity contribution >= 4 is 26.4 Å². The van der Waals surface area contributed by atoms with Crippen molar-refractivity contribution < 1.29 is 39.8 Å². The average molecular weight is 712 g/mol. The second-order valence-electron chi connectivity index (χ2n) is 12.8. The molecule has 3 saturated heterocycles. The SMILES string of the molecule is CCOc1ccc(S(=O)(=O)c2cnc3ccc(OC(F)(F)F)cc3c2N2CCC(N3CCN(C4CCN(CC)CC4)CC3)CC2)c(F)c1F. The molecule has 0 saturated carbocycles. The number of fused-ring (bicyclic) bond motifs is 1. The zero-order valence-electron chi connectivity index (χ0n) is 27.7. The van der Waals surface area contributed by atoms with Crippen LogP contribution in [0.25, 0.3) is 10.9 Å². The molecule has 9 nitrogen and oxygen atoms in total. The van der Waals surface area contributed by atoms with Gasteiger partial charge in [-0.15, -0.1) is 13.2 Å². The number of hydrogen-bond donors (Lipinski definition) is 0. The summed E-state index contributed by atoms with van der Waals surface area (Å²) in [7, 11) is -4.76. The van der Waals surface area contributed by atoms with Crippen molar-refractivity contribution in [2.45, 2.75) is 67.8 Å². The number of pyridine rings is 1. The fraction of sp³-hybridized carbons (Fsp3) is 0.559. The van der Waals surface area contributed by atoms with Crippen LogP contribution in [0.1, 0.15) is 39.5 Å². The maximum Gasteiger partial charge on any atom is 0.573 e. The van der Waals surface area contributed by atoms with E-state index in [4.69, 9.17) is 4.74 Å². The monoisotopic (exact) mass is 711 g/mol. The Morgan fingerprint density at radius 2 is 1.43 bits per heavy atom. The molecule has 3 aromatic rings. The van der Waals surface area contributed by atoms with Crippen molar-refractivity contribution in [3.63, 3.8) is 0 Å². The lowest BCUT2D eigenvalue weighted by atomic mass is 9.99. The van der Waals surface area contributed by atoms with Gasteiger partial charge in [0.1, 0.15) is 15.5 Å². The highest BCUT2D eigenvalue weighted by Crippen LogP contribution is 2.41. The molecule has 1 aromatic heterocycles. The molecule has 49 heavy (non-hydrogen) atoms. The molecule has 2 aromatic carbocycles. The number of benzene rings is 2. The quantitative estimate of drug-likeness (QED) is 0.260. The first kappa shape index (κ1) is 35.6. The maximum atomic E-state index is 15.3. The van der Waals surface area contributed by atoms with Crippen LogP contribution in [0.2, 0.25) is 0 Å². The number of anilines is 1. The van der Waals surface area contributed by atoms with Gasteiger partial charge in [0.25, 0.3) is 0 Å². The lowest BCUT2D eigenvalue weighted by molar-refractivity contribution is -0.274. The Kier molecular flexibility index (Phi) is 10.5. The third kappa shape index (κ3) is 7.59. The number of piperidine rings is 2. The van der Waals surface area contributed by atoms with Crippen LogP contribution in [-0.4, -0.2) is 112 Å². The lowest BCUT2D eigenvalue weighted by Crippen LogP contribution is -2.56. The molecular formula is C34H42F5N5O4S. The minimum atomic E-state index is -4.98. The smallest absolute Gasteiger partial charge is 0.491 e. The molecule has 4 heterocycles. The molecule has 6 rings (SSSR count). The highest BCUT2D eigenvalue weighted by molar-refractivity contribution is 7.91. The van der Waals surface area contributed by atoms with Crippen LogP contribution in [0.5, 0.6) is 11.5 Å². The predicted molar refractivity (Wildman–Crippen MR) is 175 cm³/mol. The summed E-state index contributed by atoms with van der Waals surface area (Å²) < 4.78 is 107. The van der Waals surface area contributed by atoms with Crippen LogP contribution in [0, 0.1) is 11.6 Å². The number of halogens is 5. The van der Waals surface area contributed by atoms with Crippen molar-refractivity contribution in [2.24, 2.45) is 0 Å². The average Bonchev–Trinajstić information content (AvgIpc) is 3.09. The van der Waals surface area contributed by atoms with Gasteiger partial charge < -0.3 is 19.3 Å². The van der Waals surface area contributed by atoms with Crippen LogP contribution >= 0.6 is 0 Å². The first-order valence-electron chi connectivity index (χ1n) is 16.9. The van der Waals surface area contributed by atoms with Gasteiger partial charge in [-0.1, -0.05) is 6.92 Å². The highest BCUT2D eigenvalue weighted by atomic mass is 32.2. The van der Waals surface area contributed by atoms with E-state index in [1.54, 1.807) is 11.8 Å². The van der Waals surface area contributed by atoms with Crippen LogP contribution in [0.4, 0.5) is 27.6 Å². The van der Waals surface area contributed by atoms with Gasteiger partial charge in [0, 0.05) is 62.9 Å². The van der Waals surface area contributed by atoms with E-state index >= 15 is 4.39 Å². The van der Waals surface area contributed by atoms with Crippen LogP contribution < -0.4 is 14.4 Å². The van der Waals surface area contributed by atoms with Crippen molar-refractivity contribution in [1.82, 2.24) is 19.7 Å². The highest BCUT2D eigenvalue weighted by Gasteiger charge is 2.36. The summed E-state index contributed by atoms with van der Waals surface area (Å²) in [6, 6.07) is 6.32. The number of rotatable bonds is 9. The summed E-state index contributed by atoms with van der Waals surface area (Å²) in [5.74, 6) is -4.05. The molecule has 15 heteroatoms. The van der Waals surface area contributed by atoms with E-state index in [1.165, 1.54) is 18.9 Å². The molecule has 0 N–H and O–H groups in total. The Morgan fingerprint density at radius 1 is 0.816 bits per heavy atom. The summed E-state index contributed by atoms with van der Waals surface area (Å²) in [5, 5.41) is 0.0934. The van der Waals surface area contributed by atoms with E-state index in [2.05, 4.69) is 31.3 Å². The molecule has 0 unspecified atom stereocenters. The van der Waals surface area contributed by atoms with Gasteiger partial charge in [0.05, 0.1) is 17.8 Å². The second-order valence-corrected chi connectivity index (χ2v) is 14.7. The molecule has 3 aliphatic heterocycles. The number of piperazine rings is 1. The van der Waals surface area contributed by atoms with Gasteiger partial charge in [-0.2, -0.15) is 4.39 Å². The van der Waals surface area contributed by atoms with E-state index in [0.29, 0.717) is 32.0 Å². The molecule has 268 valence electrons. The fourth-order valence-electron chi connectivity index (χ4n) is 7.49. The van der Waals surface area contributed by atoms with Gasteiger partial charge in [-0.3, -0.25) is 14.8 Å². The van der Waals surface area contributed by atoms with Gasteiger partial charge in [0.15, 0.2) is 11.6 Å². The number of likely N-dealkylation sites (tertiary alicyclic amines) is 1. The van der Waals surface area contributed by atoms with Crippen molar-refractivity contribution in [2.75, 3.05) is 70.4 Å². The number of sulfone groups is 1. The molecule has 3 aliphatic rings. The second kappa shape index (κ2) is 14.5. The molecule has 0 amide bonds. The molecule has 0 bridgehead atoms. The van der Waals surface area contributed by atoms with Gasteiger partial charge in [0.2, 0.25) is 15.7 Å². The molecule has 3 fully saturated rings. The fourth-order valence-corrected chi connectivity index (χ4v) is 8.98. The number of aromatic nitrogens is 1. The van der Waals surface area contributed by atoms with Crippen LogP contribution in [0.3, 0.4) is 0 Å². The molecule has 0 radical (unpaired) electrons. The minimum Gasteiger partial charge on any atom is -0.491 e. The zero-order valence-corrected chi connectivity index (χ0v) is 28.5. The first-order valence-corrected chi connectivity index (χ1v) is 18.4. The third-order valence-electron chi connectivity index (χ3n) is 10.1. The van der Waals surface area contributed by atoms with Crippen molar-refractivity contribution in [3.8, 4) is 11.5 Å². The van der Waals surface area contributed by atoms with Crippen molar-refractivity contribution in [1.29, 1.82) is 0 Å². The Morgan fingerprint density at radius 3 is 2.00 bits per heavy atom. The van der Waals surface area contributed by atoms with Gasteiger partial charge in [-0.25, -0.2) is 12.8 Å². The normalized spacial score (nSPS) is 19.9. The van der Waals surface area contributed by atoms with E-state index in [9.17, 15) is 26.0 Å². The molecular weight excluding hydrogens is 669 g/mol. The first-order chi connectivity index (χ1) is 23.4. The Balaban J connectivity index is 1.27. The van der Waals surface area contributed by atoms with Crippen molar-refractivity contribution in [3.05, 3.63) is 48.2 Å². The summed E-state index contributed by atoms with van der Waals surface area (Å²) in [4.78, 5) is 12.2. The number of nitrogens with zero attached hydrogens (tertiary/aromatic N) is 5. The third-order valence-corrected chi connectivity index (χ3v) is 11.8. The summed E-state index contributed by atoms with van der Waals surface area (Å²) >= 11 is 0. The summed E-state index contributed by atoms with van der Waals surface area (Å²) in [6.07, 6.45) is -0.197. The topological polar surface area (TPSA) is 78.4 Å². The predicted octanol–water partition coefficient (Wildman–Crippen LogP) is 5.71. The maximum absolute atomic E-state index is 15.3. The Bertz CT molecular complexity index is 1740. The minimum absolute atomic E-state index is 0.0353. The number of hydrogen-bond acceptors (Lipinski definition) is 9. The Labute approximate surface area is 283 Å². The standard InChI is InChI=1S/C34H42F5N5O4S/c1-3-41-13-9-23(10-14-41)42-17-19-43(20-18-42)24-11-15-44(16-12-24)33-26-21-25(48-34(37,38)39)5-6-27(26)40-22-30(33)49(45,46)29-8-7-28(47-4-2)31(35)32(29)36/h5-8,21-24H,3-4,9-20H2,1-2H3. The van der Waals surface area contributed by atoms with E-state index in [0.717, 1.165) is 76.3 Å². The molecule has 0 aliphatic carbocycles. The summed E-state index contributed by atoms with van der Waals surface area (Å²) in [6.45, 7) is 11.8. The van der Waals surface area contributed by atoms with E-state index < -0.39 is 49.1 Å². The van der Waals surface area contributed by atoms with Crippen LogP contribution in [0.15, 0.2) is 46.3 Å². The number of alkyl halides is 3. The van der Waals surface area contributed by atoms with Gasteiger partial charge in [-0.05, 0) is 82.6 Å². The molecule has 0 atom stereocenters. The van der Waals surface area contributed by atoms with Crippen LogP contribution in [-0.2, 0) is 9.84 Å². The number of ether oxygens (including phenoxy) is 2. The zero-order chi connectivity index (χ0) is 34.9. The molecule has 0 spiro atoms.